The first-order valence-electron chi connectivity index (χ1n) is 7.50. The van der Waals surface area contributed by atoms with Crippen LogP contribution in [0.5, 0.6) is 0 Å². The molecule has 1 fully saturated rings. The predicted octanol–water partition coefficient (Wildman–Crippen LogP) is 3.49. The molecule has 0 atom stereocenters. The lowest BCUT2D eigenvalue weighted by Gasteiger charge is -2.31. The van der Waals surface area contributed by atoms with E-state index in [4.69, 9.17) is 0 Å². The quantitative estimate of drug-likeness (QED) is 0.933. The van der Waals surface area contributed by atoms with Gasteiger partial charge in [-0.3, -0.25) is 4.90 Å². The predicted molar refractivity (Wildman–Crippen MR) is 91.0 cm³/mol. The van der Waals surface area contributed by atoms with Gasteiger partial charge in [0, 0.05) is 19.6 Å². The highest BCUT2D eigenvalue weighted by atomic mass is 35.5. The number of nitrogens with one attached hydrogen (secondary N) is 1. The lowest BCUT2D eigenvalue weighted by atomic mass is 9.97. The maximum Gasteiger partial charge on any atom is 0.0602 e. The molecular formula is C18H23ClN2. The summed E-state index contributed by atoms with van der Waals surface area (Å²) in [6.45, 7) is 4.47. The Morgan fingerprint density at radius 3 is 1.90 bits per heavy atom. The smallest absolute Gasteiger partial charge is 0.0602 e. The van der Waals surface area contributed by atoms with Crippen LogP contribution in [0.1, 0.15) is 23.6 Å². The molecule has 2 aromatic carbocycles. The molecule has 0 aromatic heterocycles. The van der Waals surface area contributed by atoms with Crippen LogP contribution in [0.2, 0.25) is 0 Å². The molecule has 0 saturated carbocycles. The van der Waals surface area contributed by atoms with Crippen LogP contribution in [0.15, 0.2) is 60.7 Å². The van der Waals surface area contributed by atoms with Crippen LogP contribution in [-0.2, 0) is 0 Å². The van der Waals surface area contributed by atoms with E-state index in [1.54, 1.807) is 0 Å². The molecule has 0 bridgehead atoms. The molecule has 0 spiro atoms. The number of hydrogen-bond acceptors (Lipinski definition) is 2. The fraction of sp³-hybridized carbons (Fsp3) is 0.333. The van der Waals surface area contributed by atoms with Crippen LogP contribution in [0.3, 0.4) is 0 Å². The van der Waals surface area contributed by atoms with Gasteiger partial charge in [0.1, 0.15) is 0 Å². The Kier molecular flexibility index (Phi) is 6.24. The van der Waals surface area contributed by atoms with Crippen LogP contribution in [0.25, 0.3) is 0 Å². The van der Waals surface area contributed by atoms with Gasteiger partial charge in [-0.15, -0.1) is 12.4 Å². The van der Waals surface area contributed by atoms with E-state index < -0.39 is 0 Å². The summed E-state index contributed by atoms with van der Waals surface area (Å²) in [6.07, 6.45) is 1.22. The summed E-state index contributed by atoms with van der Waals surface area (Å²) >= 11 is 0. The third kappa shape index (κ3) is 4.07. The van der Waals surface area contributed by atoms with Crippen molar-refractivity contribution in [3.63, 3.8) is 0 Å². The van der Waals surface area contributed by atoms with Gasteiger partial charge in [0.15, 0.2) is 0 Å². The third-order valence-corrected chi connectivity index (χ3v) is 3.97. The second-order valence-electron chi connectivity index (χ2n) is 5.36. The Balaban J connectivity index is 0.00000161. The minimum atomic E-state index is 0. The highest BCUT2D eigenvalue weighted by Crippen LogP contribution is 2.28. The first-order chi connectivity index (χ1) is 9.95. The molecule has 1 aliphatic rings. The van der Waals surface area contributed by atoms with E-state index in [0.29, 0.717) is 6.04 Å². The Bertz CT molecular complexity index is 468. The highest BCUT2D eigenvalue weighted by Gasteiger charge is 2.22. The van der Waals surface area contributed by atoms with E-state index in [1.165, 1.54) is 17.5 Å². The largest absolute Gasteiger partial charge is 0.315 e. The topological polar surface area (TPSA) is 15.3 Å². The molecule has 21 heavy (non-hydrogen) atoms. The van der Waals surface area contributed by atoms with E-state index in [2.05, 4.69) is 70.9 Å². The monoisotopic (exact) mass is 302 g/mol. The van der Waals surface area contributed by atoms with Gasteiger partial charge in [-0.05, 0) is 24.1 Å². The average molecular weight is 303 g/mol. The minimum Gasteiger partial charge on any atom is -0.315 e. The molecule has 112 valence electrons. The average Bonchev–Trinajstić information content (AvgIpc) is 2.79. The summed E-state index contributed by atoms with van der Waals surface area (Å²) in [7, 11) is 0. The van der Waals surface area contributed by atoms with Crippen molar-refractivity contribution >= 4 is 12.4 Å². The van der Waals surface area contributed by atoms with Gasteiger partial charge in [-0.2, -0.15) is 0 Å². The molecule has 0 amide bonds. The first kappa shape index (κ1) is 16.0. The Morgan fingerprint density at radius 1 is 0.762 bits per heavy atom. The van der Waals surface area contributed by atoms with Crippen molar-refractivity contribution in [2.45, 2.75) is 12.5 Å². The summed E-state index contributed by atoms with van der Waals surface area (Å²) in [5.41, 5.74) is 2.78. The summed E-state index contributed by atoms with van der Waals surface area (Å²) < 4.78 is 0. The van der Waals surface area contributed by atoms with Crippen molar-refractivity contribution in [3.05, 3.63) is 71.8 Å². The minimum absolute atomic E-state index is 0. The van der Waals surface area contributed by atoms with Crippen molar-refractivity contribution in [1.29, 1.82) is 0 Å². The van der Waals surface area contributed by atoms with Gasteiger partial charge in [-0.25, -0.2) is 0 Å². The summed E-state index contributed by atoms with van der Waals surface area (Å²) in [5, 5.41) is 3.49. The van der Waals surface area contributed by atoms with Crippen molar-refractivity contribution in [1.82, 2.24) is 10.2 Å². The molecule has 1 heterocycles. The van der Waals surface area contributed by atoms with E-state index in [9.17, 15) is 0 Å². The molecule has 2 aromatic rings. The van der Waals surface area contributed by atoms with Gasteiger partial charge in [0.2, 0.25) is 0 Å². The summed E-state index contributed by atoms with van der Waals surface area (Å²) in [4.78, 5) is 2.60. The van der Waals surface area contributed by atoms with Crippen LogP contribution < -0.4 is 5.32 Å². The SMILES string of the molecule is Cl.c1ccc(C(c2ccccc2)N2CCCNCC2)cc1. The number of rotatable bonds is 3. The molecule has 1 saturated heterocycles. The van der Waals surface area contributed by atoms with Crippen LogP contribution >= 0.6 is 12.4 Å². The van der Waals surface area contributed by atoms with Crippen molar-refractivity contribution in [3.8, 4) is 0 Å². The molecule has 1 aliphatic heterocycles. The van der Waals surface area contributed by atoms with Gasteiger partial charge >= 0.3 is 0 Å². The second kappa shape index (κ2) is 8.18. The van der Waals surface area contributed by atoms with Gasteiger partial charge in [-0.1, -0.05) is 60.7 Å². The molecule has 2 nitrogen and oxygen atoms in total. The van der Waals surface area contributed by atoms with Crippen LogP contribution in [0, 0.1) is 0 Å². The third-order valence-electron chi connectivity index (χ3n) is 3.97. The molecular weight excluding hydrogens is 280 g/mol. The fourth-order valence-corrected chi connectivity index (χ4v) is 3.01. The van der Waals surface area contributed by atoms with Crippen molar-refractivity contribution in [2.24, 2.45) is 0 Å². The molecule has 0 unspecified atom stereocenters. The highest BCUT2D eigenvalue weighted by molar-refractivity contribution is 5.85. The molecule has 1 N–H and O–H groups in total. The molecule has 0 aliphatic carbocycles. The second-order valence-corrected chi connectivity index (χ2v) is 5.36. The standard InChI is InChI=1S/C18H22N2.ClH/c1-3-8-16(9-4-1)18(17-10-5-2-6-11-17)20-14-7-12-19-13-15-20;/h1-6,8-11,18-19H,7,12-15H2;1H. The summed E-state index contributed by atoms with van der Waals surface area (Å²) in [6, 6.07) is 22.1. The molecule has 3 rings (SSSR count). The van der Waals surface area contributed by atoms with Crippen LogP contribution in [-0.4, -0.2) is 31.1 Å². The lowest BCUT2D eigenvalue weighted by molar-refractivity contribution is 0.241. The van der Waals surface area contributed by atoms with Crippen LogP contribution in [0.4, 0.5) is 0 Å². The lowest BCUT2D eigenvalue weighted by Crippen LogP contribution is -2.33. The number of benzene rings is 2. The van der Waals surface area contributed by atoms with Crippen molar-refractivity contribution < 1.29 is 0 Å². The number of hydrogen-bond donors (Lipinski definition) is 1. The van der Waals surface area contributed by atoms with E-state index in [1.807, 2.05) is 0 Å². The van der Waals surface area contributed by atoms with E-state index >= 15 is 0 Å². The zero-order chi connectivity index (χ0) is 13.6. The Hall–Kier alpha value is -1.35. The van der Waals surface area contributed by atoms with Crippen molar-refractivity contribution in [2.75, 3.05) is 26.2 Å². The molecule has 0 radical (unpaired) electrons. The molecule has 3 heteroatoms. The van der Waals surface area contributed by atoms with E-state index in [0.717, 1.165) is 26.2 Å². The maximum absolute atomic E-state index is 3.49. The summed E-state index contributed by atoms with van der Waals surface area (Å²) in [5.74, 6) is 0. The van der Waals surface area contributed by atoms with Gasteiger partial charge in [0.05, 0.1) is 6.04 Å². The van der Waals surface area contributed by atoms with Gasteiger partial charge in [0.25, 0.3) is 0 Å². The Morgan fingerprint density at radius 2 is 1.33 bits per heavy atom. The maximum atomic E-state index is 3.49. The zero-order valence-corrected chi connectivity index (χ0v) is 13.1. The Labute approximate surface area is 133 Å². The van der Waals surface area contributed by atoms with Gasteiger partial charge < -0.3 is 5.32 Å². The van der Waals surface area contributed by atoms with E-state index in [-0.39, 0.29) is 12.4 Å². The first-order valence-corrected chi connectivity index (χ1v) is 7.50. The normalized spacial score (nSPS) is 16.2. The number of halogens is 1. The number of nitrogens with zero attached hydrogens (tertiary/aromatic N) is 1. The zero-order valence-electron chi connectivity index (χ0n) is 12.2. The fourth-order valence-electron chi connectivity index (χ4n) is 3.01.